The zero-order chi connectivity index (χ0) is 16.1. The topological polar surface area (TPSA) is 112 Å². The van der Waals surface area contributed by atoms with Gasteiger partial charge >= 0.3 is 0 Å². The second-order valence-corrected chi connectivity index (χ2v) is 6.07. The molecular weight excluding hydrogens is 306 g/mol. The van der Waals surface area contributed by atoms with Crippen LogP contribution < -0.4 is 0 Å². The van der Waals surface area contributed by atoms with Gasteiger partial charge < -0.3 is 0 Å². The second-order valence-electron chi connectivity index (χ2n) is 4.68. The van der Waals surface area contributed by atoms with Crippen LogP contribution >= 0.6 is 0 Å². The summed E-state index contributed by atoms with van der Waals surface area (Å²) in [5.41, 5.74) is -0.223. The first-order valence-electron chi connectivity index (χ1n) is 6.08. The third kappa shape index (κ3) is 1.94. The number of fused-ring (bicyclic) bond motifs is 2. The van der Waals surface area contributed by atoms with Crippen LogP contribution in [-0.2, 0) is 10.1 Å². The number of benzene rings is 2. The first-order valence-corrected chi connectivity index (χ1v) is 7.52. The van der Waals surface area contributed by atoms with Gasteiger partial charge in [0.25, 0.3) is 10.1 Å². The summed E-state index contributed by atoms with van der Waals surface area (Å²) < 4.78 is 31.9. The van der Waals surface area contributed by atoms with Gasteiger partial charge in [-0.25, -0.2) is 0 Å². The monoisotopic (exact) mass is 313 g/mol. The average Bonchev–Trinajstić information content (AvgIpc) is 2.50. The van der Waals surface area contributed by atoms with Crippen LogP contribution in [0.1, 0.15) is 37.4 Å². The van der Waals surface area contributed by atoms with E-state index in [9.17, 15) is 22.6 Å². The maximum absolute atomic E-state index is 12.4. The van der Waals surface area contributed by atoms with Crippen molar-refractivity contribution in [3.63, 3.8) is 0 Å². The molecule has 108 valence electrons. The molecule has 0 saturated carbocycles. The lowest BCUT2D eigenvalue weighted by Crippen LogP contribution is -2.22. The van der Waals surface area contributed by atoms with Crippen LogP contribution in [-0.4, -0.2) is 24.5 Å². The SMILES string of the molecule is N#Cc1cc2c(cc1S(=O)(=O)O)C(=O)c1ccccc1C2=O. The Labute approximate surface area is 125 Å². The van der Waals surface area contributed by atoms with E-state index >= 15 is 0 Å². The molecule has 1 aliphatic carbocycles. The normalized spacial score (nSPS) is 13.3. The lowest BCUT2D eigenvalue weighted by Gasteiger charge is -2.18. The molecule has 7 heteroatoms. The van der Waals surface area contributed by atoms with Crippen LogP contribution in [0.25, 0.3) is 0 Å². The summed E-state index contributed by atoms with van der Waals surface area (Å²) in [6.45, 7) is 0. The van der Waals surface area contributed by atoms with Crippen molar-refractivity contribution >= 4 is 21.7 Å². The molecule has 22 heavy (non-hydrogen) atoms. The molecule has 6 nitrogen and oxygen atoms in total. The third-order valence-corrected chi connectivity index (χ3v) is 4.32. The lowest BCUT2D eigenvalue weighted by atomic mass is 9.83. The smallest absolute Gasteiger partial charge is 0.289 e. The van der Waals surface area contributed by atoms with Crippen molar-refractivity contribution in [1.82, 2.24) is 0 Å². The van der Waals surface area contributed by atoms with E-state index < -0.39 is 26.6 Å². The quantitative estimate of drug-likeness (QED) is 0.682. The predicted molar refractivity (Wildman–Crippen MR) is 74.3 cm³/mol. The third-order valence-electron chi connectivity index (χ3n) is 3.42. The van der Waals surface area contributed by atoms with Gasteiger partial charge in [0, 0.05) is 22.3 Å². The Morgan fingerprint density at radius 2 is 1.41 bits per heavy atom. The standard InChI is InChI=1S/C15H7NO5S/c16-7-8-5-11-12(6-13(8)22(19,20)21)15(18)10-4-2-1-3-9(10)14(11)17/h1-6H,(H,19,20,21). The Balaban J connectivity index is 2.38. The summed E-state index contributed by atoms with van der Waals surface area (Å²) >= 11 is 0. The molecule has 1 aliphatic rings. The van der Waals surface area contributed by atoms with Gasteiger partial charge in [-0.1, -0.05) is 24.3 Å². The molecule has 0 amide bonds. The largest absolute Gasteiger partial charge is 0.295 e. The maximum Gasteiger partial charge on any atom is 0.295 e. The van der Waals surface area contributed by atoms with E-state index in [0.29, 0.717) is 0 Å². The van der Waals surface area contributed by atoms with Crippen LogP contribution in [0.4, 0.5) is 0 Å². The lowest BCUT2D eigenvalue weighted by molar-refractivity contribution is 0.0979. The molecule has 0 fully saturated rings. The molecule has 0 bridgehead atoms. The molecule has 0 saturated heterocycles. The fourth-order valence-corrected chi connectivity index (χ4v) is 3.07. The van der Waals surface area contributed by atoms with Crippen molar-refractivity contribution in [1.29, 1.82) is 5.26 Å². The van der Waals surface area contributed by atoms with Crippen molar-refractivity contribution < 1.29 is 22.6 Å². The minimum Gasteiger partial charge on any atom is -0.289 e. The van der Waals surface area contributed by atoms with Crippen LogP contribution in [0, 0.1) is 11.3 Å². The highest BCUT2D eigenvalue weighted by Gasteiger charge is 2.32. The molecule has 1 N–H and O–H groups in total. The van der Waals surface area contributed by atoms with Crippen LogP contribution in [0.5, 0.6) is 0 Å². The molecule has 0 aliphatic heterocycles. The Bertz CT molecular complexity index is 999. The molecule has 3 rings (SSSR count). The molecule has 2 aromatic carbocycles. The fourth-order valence-electron chi connectivity index (χ4n) is 2.43. The summed E-state index contributed by atoms with van der Waals surface area (Å²) in [6, 6.07) is 9.64. The molecule has 0 atom stereocenters. The first-order chi connectivity index (χ1) is 10.3. The molecule has 0 unspecified atom stereocenters. The minimum absolute atomic E-state index is 0.0485. The summed E-state index contributed by atoms with van der Waals surface area (Å²) in [4.78, 5) is 24.1. The first kappa shape index (κ1) is 14.1. The van der Waals surface area contributed by atoms with E-state index in [2.05, 4.69) is 0 Å². The average molecular weight is 313 g/mol. The number of nitriles is 1. The number of nitrogens with zero attached hydrogens (tertiary/aromatic N) is 1. The van der Waals surface area contributed by atoms with Crippen molar-refractivity contribution in [2.75, 3.05) is 0 Å². The predicted octanol–water partition coefficient (Wildman–Crippen LogP) is 1.58. The minimum atomic E-state index is -4.68. The molecule has 0 heterocycles. The highest BCUT2D eigenvalue weighted by Crippen LogP contribution is 2.30. The van der Waals surface area contributed by atoms with E-state index in [1.54, 1.807) is 18.2 Å². The van der Waals surface area contributed by atoms with Gasteiger partial charge in [-0.05, 0) is 12.1 Å². The Kier molecular flexibility index (Phi) is 2.95. The van der Waals surface area contributed by atoms with Gasteiger partial charge in [0.2, 0.25) is 0 Å². The van der Waals surface area contributed by atoms with Gasteiger partial charge in [-0.15, -0.1) is 0 Å². The number of carbonyl (C=O) groups is 2. The molecule has 0 radical (unpaired) electrons. The van der Waals surface area contributed by atoms with Crippen molar-refractivity contribution in [2.24, 2.45) is 0 Å². The molecule has 2 aromatic rings. The van der Waals surface area contributed by atoms with Gasteiger partial charge in [-0.3, -0.25) is 14.1 Å². The second kappa shape index (κ2) is 4.59. The number of ketones is 2. The Morgan fingerprint density at radius 3 is 1.86 bits per heavy atom. The van der Waals surface area contributed by atoms with E-state index in [0.717, 1.165) is 12.1 Å². The maximum atomic E-state index is 12.4. The number of hydrogen-bond acceptors (Lipinski definition) is 5. The summed E-state index contributed by atoms with van der Waals surface area (Å²) in [5.74, 6) is -0.997. The van der Waals surface area contributed by atoms with Gasteiger partial charge in [0.05, 0.1) is 5.56 Å². The van der Waals surface area contributed by atoms with Crippen LogP contribution in [0.2, 0.25) is 0 Å². The Morgan fingerprint density at radius 1 is 0.909 bits per heavy atom. The number of carbonyl (C=O) groups excluding carboxylic acids is 2. The van der Waals surface area contributed by atoms with E-state index in [-0.39, 0.29) is 27.8 Å². The zero-order valence-corrected chi connectivity index (χ0v) is 11.7. The van der Waals surface area contributed by atoms with Crippen molar-refractivity contribution in [2.45, 2.75) is 4.90 Å². The summed E-state index contributed by atoms with van der Waals surface area (Å²) in [5, 5.41) is 9.01. The fraction of sp³-hybridized carbons (Fsp3) is 0. The zero-order valence-electron chi connectivity index (χ0n) is 10.9. The molecule has 0 aromatic heterocycles. The van der Waals surface area contributed by atoms with E-state index in [1.807, 2.05) is 0 Å². The van der Waals surface area contributed by atoms with Gasteiger partial charge in [-0.2, -0.15) is 13.7 Å². The highest BCUT2D eigenvalue weighted by atomic mass is 32.2. The Hall–Kier alpha value is -2.82. The molecular formula is C15H7NO5S. The molecule has 0 spiro atoms. The summed E-state index contributed by atoms with van der Waals surface area (Å²) in [7, 11) is -4.68. The highest BCUT2D eigenvalue weighted by molar-refractivity contribution is 7.85. The van der Waals surface area contributed by atoms with Crippen LogP contribution in [0.15, 0.2) is 41.3 Å². The van der Waals surface area contributed by atoms with Crippen molar-refractivity contribution in [3.05, 3.63) is 64.2 Å². The van der Waals surface area contributed by atoms with E-state index in [4.69, 9.17) is 5.26 Å². The van der Waals surface area contributed by atoms with Crippen LogP contribution in [0.3, 0.4) is 0 Å². The van der Waals surface area contributed by atoms with Gasteiger partial charge in [0.1, 0.15) is 11.0 Å². The summed E-state index contributed by atoms with van der Waals surface area (Å²) in [6.07, 6.45) is 0. The van der Waals surface area contributed by atoms with Crippen molar-refractivity contribution in [3.8, 4) is 6.07 Å². The number of hydrogen-bond donors (Lipinski definition) is 1. The van der Waals surface area contributed by atoms with Gasteiger partial charge in [0.15, 0.2) is 11.6 Å². The van der Waals surface area contributed by atoms with E-state index in [1.165, 1.54) is 12.1 Å². The number of rotatable bonds is 1.